The van der Waals surface area contributed by atoms with E-state index >= 15 is 0 Å². The quantitative estimate of drug-likeness (QED) is 0.769. The first-order chi connectivity index (χ1) is 14.0. The highest BCUT2D eigenvalue weighted by Crippen LogP contribution is 2.17. The normalized spacial score (nSPS) is 14.4. The molecule has 2 amide bonds. The van der Waals surface area contributed by atoms with Crippen LogP contribution in [0.4, 0.5) is 10.5 Å². The van der Waals surface area contributed by atoms with Gasteiger partial charge in [-0.25, -0.2) is 4.79 Å². The number of hydrogen-bond donors (Lipinski definition) is 1. The lowest BCUT2D eigenvalue weighted by molar-refractivity contribution is 0.206. The minimum Gasteiger partial charge on any atom is -0.378 e. The van der Waals surface area contributed by atoms with Crippen LogP contribution in [0.5, 0.6) is 0 Å². The first-order valence-corrected chi connectivity index (χ1v) is 10.6. The molecule has 0 saturated carbocycles. The van der Waals surface area contributed by atoms with E-state index in [0.717, 1.165) is 17.8 Å². The van der Waals surface area contributed by atoms with Gasteiger partial charge in [0.2, 0.25) is 0 Å². The molecule has 2 aromatic rings. The third-order valence-corrected chi connectivity index (χ3v) is 5.61. The lowest BCUT2D eigenvalue weighted by atomic mass is 10.0. The molecule has 29 heavy (non-hydrogen) atoms. The number of amides is 2. The molecular weight excluding hydrogens is 360 g/mol. The smallest absolute Gasteiger partial charge is 0.317 e. The fourth-order valence-corrected chi connectivity index (χ4v) is 3.79. The molecule has 0 atom stereocenters. The SMILES string of the molecule is CN(Cc1ccc(N(C)C)cc1)C(=O)NCc1ccccc1CN1CCCCC1. The van der Waals surface area contributed by atoms with Gasteiger partial charge in [0, 0.05) is 46.5 Å². The Balaban J connectivity index is 1.53. The number of carbonyl (C=O) groups is 1. The van der Waals surface area contributed by atoms with Crippen LogP contribution in [-0.4, -0.2) is 50.1 Å². The zero-order chi connectivity index (χ0) is 20.6. The highest BCUT2D eigenvalue weighted by molar-refractivity contribution is 5.73. The van der Waals surface area contributed by atoms with E-state index in [1.807, 2.05) is 21.1 Å². The number of carbonyl (C=O) groups excluding carboxylic acids is 1. The van der Waals surface area contributed by atoms with Gasteiger partial charge in [-0.05, 0) is 54.8 Å². The van der Waals surface area contributed by atoms with Crippen LogP contribution in [0.2, 0.25) is 0 Å². The summed E-state index contributed by atoms with van der Waals surface area (Å²) in [6.45, 7) is 4.48. The van der Waals surface area contributed by atoms with Crippen LogP contribution in [0.15, 0.2) is 48.5 Å². The lowest BCUT2D eigenvalue weighted by Gasteiger charge is -2.27. The van der Waals surface area contributed by atoms with E-state index in [0.29, 0.717) is 13.1 Å². The van der Waals surface area contributed by atoms with Gasteiger partial charge in [0.25, 0.3) is 0 Å². The number of anilines is 1. The van der Waals surface area contributed by atoms with Crippen LogP contribution in [-0.2, 0) is 19.6 Å². The Morgan fingerprint density at radius 2 is 1.59 bits per heavy atom. The van der Waals surface area contributed by atoms with E-state index in [1.165, 1.54) is 43.5 Å². The van der Waals surface area contributed by atoms with Crippen molar-refractivity contribution in [3.8, 4) is 0 Å². The van der Waals surface area contributed by atoms with Gasteiger partial charge in [-0.2, -0.15) is 0 Å². The van der Waals surface area contributed by atoms with Crippen molar-refractivity contribution in [3.63, 3.8) is 0 Å². The Labute approximate surface area is 175 Å². The van der Waals surface area contributed by atoms with E-state index < -0.39 is 0 Å². The number of piperidine rings is 1. The molecule has 0 radical (unpaired) electrons. The molecular formula is C24H34N4O. The van der Waals surface area contributed by atoms with Gasteiger partial charge in [-0.1, -0.05) is 42.8 Å². The predicted octanol–water partition coefficient (Wildman–Crippen LogP) is 4.08. The van der Waals surface area contributed by atoms with Crippen LogP contribution in [0.3, 0.4) is 0 Å². The molecule has 5 heteroatoms. The molecule has 1 heterocycles. The van der Waals surface area contributed by atoms with Gasteiger partial charge >= 0.3 is 6.03 Å². The molecule has 0 aliphatic carbocycles. The van der Waals surface area contributed by atoms with Crippen LogP contribution >= 0.6 is 0 Å². The average Bonchev–Trinajstić information content (AvgIpc) is 2.74. The number of urea groups is 1. The number of nitrogens with zero attached hydrogens (tertiary/aromatic N) is 3. The molecule has 1 saturated heterocycles. The zero-order valence-electron chi connectivity index (χ0n) is 18.0. The van der Waals surface area contributed by atoms with Crippen molar-refractivity contribution in [1.29, 1.82) is 0 Å². The van der Waals surface area contributed by atoms with Crippen LogP contribution in [0.25, 0.3) is 0 Å². The molecule has 1 N–H and O–H groups in total. The molecule has 0 aromatic heterocycles. The standard InChI is InChI=1S/C24H34N4O/c1-26(2)23-13-11-20(12-14-23)18-27(3)24(29)25-17-21-9-5-6-10-22(21)19-28-15-7-4-8-16-28/h5-6,9-14H,4,7-8,15-19H2,1-3H3,(H,25,29). The molecule has 3 rings (SSSR count). The second-order valence-electron chi connectivity index (χ2n) is 8.18. The molecule has 156 valence electrons. The molecule has 0 bridgehead atoms. The van der Waals surface area contributed by atoms with Crippen molar-refractivity contribution >= 4 is 11.7 Å². The fraction of sp³-hybridized carbons (Fsp3) is 0.458. The summed E-state index contributed by atoms with van der Waals surface area (Å²) in [6, 6.07) is 16.7. The molecule has 1 aliphatic heterocycles. The van der Waals surface area contributed by atoms with E-state index in [2.05, 4.69) is 63.6 Å². The Morgan fingerprint density at radius 3 is 2.24 bits per heavy atom. The maximum atomic E-state index is 12.6. The minimum atomic E-state index is -0.0468. The minimum absolute atomic E-state index is 0.0468. The molecule has 0 unspecified atom stereocenters. The number of hydrogen-bond acceptors (Lipinski definition) is 3. The summed E-state index contributed by atoms with van der Waals surface area (Å²) >= 11 is 0. The Hall–Kier alpha value is -2.53. The number of benzene rings is 2. The maximum absolute atomic E-state index is 12.6. The van der Waals surface area contributed by atoms with E-state index in [9.17, 15) is 4.79 Å². The average molecular weight is 395 g/mol. The van der Waals surface area contributed by atoms with Crippen LogP contribution in [0, 0.1) is 0 Å². The van der Waals surface area contributed by atoms with E-state index in [-0.39, 0.29) is 6.03 Å². The Bertz CT molecular complexity index is 782. The number of likely N-dealkylation sites (tertiary alicyclic amines) is 1. The molecule has 5 nitrogen and oxygen atoms in total. The summed E-state index contributed by atoms with van der Waals surface area (Å²) in [5.74, 6) is 0. The highest BCUT2D eigenvalue weighted by atomic mass is 16.2. The third-order valence-electron chi connectivity index (χ3n) is 5.61. The Morgan fingerprint density at radius 1 is 0.931 bits per heavy atom. The van der Waals surface area contributed by atoms with Gasteiger partial charge in [0.1, 0.15) is 0 Å². The molecule has 0 spiro atoms. The van der Waals surface area contributed by atoms with Gasteiger partial charge in [-0.3, -0.25) is 4.90 Å². The van der Waals surface area contributed by atoms with Gasteiger partial charge in [-0.15, -0.1) is 0 Å². The summed E-state index contributed by atoms with van der Waals surface area (Å²) in [7, 11) is 5.89. The van der Waals surface area contributed by atoms with Crippen LogP contribution < -0.4 is 10.2 Å². The fourth-order valence-electron chi connectivity index (χ4n) is 3.79. The first kappa shape index (κ1) is 21.2. The predicted molar refractivity (Wildman–Crippen MR) is 120 cm³/mol. The van der Waals surface area contributed by atoms with Crippen molar-refractivity contribution in [2.24, 2.45) is 0 Å². The summed E-state index contributed by atoms with van der Waals surface area (Å²) < 4.78 is 0. The van der Waals surface area contributed by atoms with Crippen molar-refractivity contribution < 1.29 is 4.79 Å². The zero-order valence-corrected chi connectivity index (χ0v) is 18.0. The van der Waals surface area contributed by atoms with Gasteiger partial charge in [0.05, 0.1) is 0 Å². The maximum Gasteiger partial charge on any atom is 0.317 e. The highest BCUT2D eigenvalue weighted by Gasteiger charge is 2.14. The first-order valence-electron chi connectivity index (χ1n) is 10.6. The summed E-state index contributed by atoms with van der Waals surface area (Å²) in [6.07, 6.45) is 3.93. The molecule has 2 aromatic carbocycles. The van der Waals surface area contributed by atoms with Crippen molar-refractivity contribution in [2.45, 2.75) is 38.9 Å². The molecule has 1 fully saturated rings. The number of rotatable bonds is 7. The second kappa shape index (κ2) is 10.3. The number of nitrogens with one attached hydrogen (secondary N) is 1. The summed E-state index contributed by atoms with van der Waals surface area (Å²) in [5, 5.41) is 3.09. The lowest BCUT2D eigenvalue weighted by Crippen LogP contribution is -2.36. The molecule has 1 aliphatic rings. The van der Waals surface area contributed by atoms with E-state index in [4.69, 9.17) is 0 Å². The summed E-state index contributed by atoms with van der Waals surface area (Å²) in [5.41, 5.74) is 4.80. The van der Waals surface area contributed by atoms with Gasteiger partial charge < -0.3 is 15.1 Å². The third kappa shape index (κ3) is 6.23. The van der Waals surface area contributed by atoms with Gasteiger partial charge in [0.15, 0.2) is 0 Å². The van der Waals surface area contributed by atoms with Crippen molar-refractivity contribution in [2.75, 3.05) is 39.1 Å². The van der Waals surface area contributed by atoms with Crippen molar-refractivity contribution in [3.05, 3.63) is 65.2 Å². The summed E-state index contributed by atoms with van der Waals surface area (Å²) in [4.78, 5) is 18.9. The topological polar surface area (TPSA) is 38.8 Å². The monoisotopic (exact) mass is 394 g/mol. The van der Waals surface area contributed by atoms with Crippen LogP contribution in [0.1, 0.15) is 36.0 Å². The second-order valence-corrected chi connectivity index (χ2v) is 8.18. The Kier molecular flexibility index (Phi) is 7.53. The van der Waals surface area contributed by atoms with Crippen molar-refractivity contribution in [1.82, 2.24) is 15.1 Å². The largest absolute Gasteiger partial charge is 0.378 e. The van der Waals surface area contributed by atoms with E-state index in [1.54, 1.807) is 4.90 Å².